The molecule has 1 rings (SSSR count). The van der Waals surface area contributed by atoms with E-state index in [2.05, 4.69) is 0 Å². The number of ether oxygens (including phenoxy) is 1. The second-order valence-electron chi connectivity index (χ2n) is 3.15. The lowest BCUT2D eigenvalue weighted by Gasteiger charge is -2.15. The van der Waals surface area contributed by atoms with E-state index < -0.39 is 0 Å². The third kappa shape index (κ3) is 2.89. The maximum atomic E-state index is 11.1. The number of carbonyl (C=O) groups is 1. The van der Waals surface area contributed by atoms with Crippen molar-refractivity contribution in [3.05, 3.63) is 0 Å². The van der Waals surface area contributed by atoms with E-state index in [0.717, 1.165) is 12.5 Å². The van der Waals surface area contributed by atoms with Crippen LogP contribution in [-0.4, -0.2) is 38.1 Å². The first-order chi connectivity index (χ1) is 5.24. The average molecular weight is 157 g/mol. The number of nitrogens with zero attached hydrogens (tertiary/aromatic N) is 1. The van der Waals surface area contributed by atoms with Crippen molar-refractivity contribution in [1.29, 1.82) is 0 Å². The van der Waals surface area contributed by atoms with Crippen LogP contribution in [0.5, 0.6) is 0 Å². The van der Waals surface area contributed by atoms with Gasteiger partial charge in [-0.25, -0.2) is 0 Å². The first-order valence-electron chi connectivity index (χ1n) is 3.97. The second-order valence-corrected chi connectivity index (χ2v) is 3.15. The number of rotatable bonds is 4. The van der Waals surface area contributed by atoms with Gasteiger partial charge in [0.1, 0.15) is 6.61 Å². The highest BCUT2D eigenvalue weighted by Gasteiger charge is 2.24. The second kappa shape index (κ2) is 3.72. The van der Waals surface area contributed by atoms with Crippen molar-refractivity contribution in [2.75, 3.05) is 27.3 Å². The molecule has 1 aliphatic rings. The van der Waals surface area contributed by atoms with Crippen molar-refractivity contribution < 1.29 is 9.53 Å². The van der Waals surface area contributed by atoms with Crippen LogP contribution < -0.4 is 0 Å². The van der Waals surface area contributed by atoms with Crippen molar-refractivity contribution in [1.82, 2.24) is 4.90 Å². The Kier molecular flexibility index (Phi) is 2.88. The normalized spacial score (nSPS) is 16.5. The molecule has 11 heavy (non-hydrogen) atoms. The predicted octanol–water partition coefficient (Wildman–Crippen LogP) is 0.501. The summed E-state index contributed by atoms with van der Waals surface area (Å²) < 4.78 is 4.74. The molecule has 0 aromatic heterocycles. The fourth-order valence-corrected chi connectivity index (χ4v) is 1.02. The molecular weight excluding hydrogens is 142 g/mol. The molecule has 1 amide bonds. The van der Waals surface area contributed by atoms with E-state index in [1.54, 1.807) is 12.0 Å². The minimum atomic E-state index is 0.0828. The Balaban J connectivity index is 2.15. The van der Waals surface area contributed by atoms with Gasteiger partial charge in [0.25, 0.3) is 0 Å². The number of hydrogen-bond acceptors (Lipinski definition) is 2. The van der Waals surface area contributed by atoms with E-state index in [1.165, 1.54) is 12.8 Å². The van der Waals surface area contributed by atoms with Gasteiger partial charge in [0.15, 0.2) is 0 Å². The highest BCUT2D eigenvalue weighted by atomic mass is 16.5. The van der Waals surface area contributed by atoms with Crippen molar-refractivity contribution >= 4 is 5.91 Å². The van der Waals surface area contributed by atoms with E-state index in [0.29, 0.717) is 0 Å². The largest absolute Gasteiger partial charge is 0.375 e. The number of likely N-dealkylation sites (N-methyl/N-ethyl adjacent to an activating group) is 1. The molecule has 0 aromatic rings. The predicted molar refractivity (Wildman–Crippen MR) is 42.2 cm³/mol. The summed E-state index contributed by atoms with van der Waals surface area (Å²) in [5.74, 6) is 0.847. The highest BCUT2D eigenvalue weighted by Crippen LogP contribution is 2.29. The summed E-state index contributed by atoms with van der Waals surface area (Å²) in [6.07, 6.45) is 2.56. The molecule has 0 aromatic carbocycles. The Bertz CT molecular complexity index is 143. The molecule has 0 spiro atoms. The van der Waals surface area contributed by atoms with Crippen LogP contribution in [0.4, 0.5) is 0 Å². The molecule has 1 aliphatic carbocycles. The first-order valence-corrected chi connectivity index (χ1v) is 3.97. The topological polar surface area (TPSA) is 29.5 Å². The molecule has 0 saturated heterocycles. The van der Waals surface area contributed by atoms with E-state index in [-0.39, 0.29) is 12.5 Å². The van der Waals surface area contributed by atoms with Crippen LogP contribution in [0.25, 0.3) is 0 Å². The average Bonchev–Trinajstić information content (AvgIpc) is 2.72. The number of hydrogen-bond donors (Lipinski definition) is 0. The smallest absolute Gasteiger partial charge is 0.248 e. The Morgan fingerprint density at radius 3 is 2.73 bits per heavy atom. The number of carbonyl (C=O) groups excluding carboxylic acids is 1. The monoisotopic (exact) mass is 157 g/mol. The Hall–Kier alpha value is -0.570. The van der Waals surface area contributed by atoms with Gasteiger partial charge >= 0.3 is 0 Å². The van der Waals surface area contributed by atoms with Gasteiger partial charge in [-0.1, -0.05) is 0 Å². The van der Waals surface area contributed by atoms with Crippen LogP contribution >= 0.6 is 0 Å². The molecule has 0 heterocycles. The molecule has 0 radical (unpaired) electrons. The molecule has 0 aliphatic heterocycles. The zero-order chi connectivity index (χ0) is 8.27. The van der Waals surface area contributed by atoms with E-state index >= 15 is 0 Å². The lowest BCUT2D eigenvalue weighted by Crippen LogP contribution is -2.31. The lowest BCUT2D eigenvalue weighted by atomic mass is 10.4. The highest BCUT2D eigenvalue weighted by molar-refractivity contribution is 5.77. The summed E-state index contributed by atoms with van der Waals surface area (Å²) in [5, 5.41) is 0. The molecule has 1 saturated carbocycles. The van der Waals surface area contributed by atoms with Crippen LogP contribution in [0.15, 0.2) is 0 Å². The van der Waals surface area contributed by atoms with Crippen LogP contribution in [0.2, 0.25) is 0 Å². The zero-order valence-corrected chi connectivity index (χ0v) is 7.17. The summed E-state index contributed by atoms with van der Waals surface area (Å²) in [7, 11) is 3.38. The van der Waals surface area contributed by atoms with Gasteiger partial charge < -0.3 is 9.64 Å². The van der Waals surface area contributed by atoms with Gasteiger partial charge in [0.2, 0.25) is 5.91 Å². The number of methoxy groups -OCH3 is 1. The van der Waals surface area contributed by atoms with Crippen LogP contribution in [0, 0.1) is 5.92 Å². The van der Waals surface area contributed by atoms with Gasteiger partial charge in [-0.3, -0.25) is 4.79 Å². The van der Waals surface area contributed by atoms with Crippen LogP contribution in [0.3, 0.4) is 0 Å². The third-order valence-electron chi connectivity index (χ3n) is 1.92. The van der Waals surface area contributed by atoms with Gasteiger partial charge in [-0.05, 0) is 18.8 Å². The Morgan fingerprint density at radius 2 is 2.27 bits per heavy atom. The summed E-state index contributed by atoms with van der Waals surface area (Å²) in [6, 6.07) is 0. The van der Waals surface area contributed by atoms with Gasteiger partial charge in [-0.2, -0.15) is 0 Å². The van der Waals surface area contributed by atoms with E-state index in [9.17, 15) is 4.79 Å². The summed E-state index contributed by atoms with van der Waals surface area (Å²) in [6.45, 7) is 1.12. The molecule has 0 bridgehead atoms. The van der Waals surface area contributed by atoms with E-state index in [4.69, 9.17) is 4.74 Å². The zero-order valence-electron chi connectivity index (χ0n) is 7.17. The summed E-state index contributed by atoms with van der Waals surface area (Å²) >= 11 is 0. The quantitative estimate of drug-likeness (QED) is 0.594. The summed E-state index contributed by atoms with van der Waals surface area (Å²) in [4.78, 5) is 12.9. The maximum absolute atomic E-state index is 11.1. The lowest BCUT2D eigenvalue weighted by molar-refractivity contribution is -0.134. The fourth-order valence-electron chi connectivity index (χ4n) is 1.02. The van der Waals surface area contributed by atoms with Gasteiger partial charge in [-0.15, -0.1) is 0 Å². The van der Waals surface area contributed by atoms with Crippen molar-refractivity contribution in [3.63, 3.8) is 0 Å². The van der Waals surface area contributed by atoms with Crippen molar-refractivity contribution in [3.8, 4) is 0 Å². The van der Waals surface area contributed by atoms with E-state index in [1.807, 2.05) is 7.05 Å². The van der Waals surface area contributed by atoms with Gasteiger partial charge in [0.05, 0.1) is 0 Å². The third-order valence-corrected chi connectivity index (χ3v) is 1.92. The summed E-state index contributed by atoms with van der Waals surface area (Å²) in [5.41, 5.74) is 0. The van der Waals surface area contributed by atoms with Crippen molar-refractivity contribution in [2.45, 2.75) is 12.8 Å². The Labute approximate surface area is 67.3 Å². The molecule has 0 N–H and O–H groups in total. The molecule has 64 valence electrons. The molecule has 1 fully saturated rings. The van der Waals surface area contributed by atoms with Crippen molar-refractivity contribution in [2.24, 2.45) is 5.92 Å². The van der Waals surface area contributed by atoms with Crippen LogP contribution in [0.1, 0.15) is 12.8 Å². The minimum Gasteiger partial charge on any atom is -0.375 e. The first kappa shape index (κ1) is 8.53. The number of amides is 1. The SMILES string of the molecule is COCC(=O)N(C)CC1CC1. The van der Waals surface area contributed by atoms with Gasteiger partial charge in [0, 0.05) is 20.7 Å². The Morgan fingerprint density at radius 1 is 1.64 bits per heavy atom. The fraction of sp³-hybridized carbons (Fsp3) is 0.875. The minimum absolute atomic E-state index is 0.0828. The maximum Gasteiger partial charge on any atom is 0.248 e. The molecule has 3 nitrogen and oxygen atoms in total. The molecular formula is C8H15NO2. The standard InChI is InChI=1S/C8H15NO2/c1-9(5-7-3-4-7)8(10)6-11-2/h7H,3-6H2,1-2H3. The molecule has 3 heteroatoms. The van der Waals surface area contributed by atoms with Crippen LogP contribution in [-0.2, 0) is 9.53 Å². The molecule has 0 unspecified atom stereocenters. The molecule has 0 atom stereocenters.